The number of benzene rings is 2. The average Bonchev–Trinajstić information content (AvgIpc) is 2.57. The van der Waals surface area contributed by atoms with E-state index in [1.165, 1.54) is 0 Å². The van der Waals surface area contributed by atoms with Gasteiger partial charge in [0, 0.05) is 12.8 Å². The predicted molar refractivity (Wildman–Crippen MR) is 86.9 cm³/mol. The average molecular weight is 314 g/mol. The van der Waals surface area contributed by atoms with Crippen LogP contribution in [-0.2, 0) is 22.5 Å². The van der Waals surface area contributed by atoms with E-state index in [2.05, 4.69) is 0 Å². The molecular formula is C19H22O4. The Balaban J connectivity index is 1.55. The molecule has 2 N–H and O–H groups in total. The van der Waals surface area contributed by atoms with Gasteiger partial charge in [-0.05, 0) is 29.7 Å². The van der Waals surface area contributed by atoms with Crippen LogP contribution in [0.3, 0.4) is 0 Å². The first-order chi connectivity index (χ1) is 11.2. The minimum Gasteiger partial charge on any atom is -0.508 e. The van der Waals surface area contributed by atoms with E-state index in [4.69, 9.17) is 9.47 Å². The lowest BCUT2D eigenvalue weighted by atomic mass is 9.98. The van der Waals surface area contributed by atoms with E-state index >= 15 is 0 Å². The third kappa shape index (κ3) is 4.55. The van der Waals surface area contributed by atoms with Crippen molar-refractivity contribution in [3.8, 4) is 5.75 Å². The zero-order valence-corrected chi connectivity index (χ0v) is 13.0. The molecule has 1 aliphatic rings. The second-order valence-electron chi connectivity index (χ2n) is 5.92. The van der Waals surface area contributed by atoms with E-state index < -0.39 is 6.10 Å². The number of aliphatic hydroxyl groups excluding tert-OH is 1. The fraction of sp³-hybridized carbons (Fsp3) is 0.368. The Bertz CT molecular complexity index is 614. The Morgan fingerprint density at radius 1 is 1.00 bits per heavy atom. The molecule has 2 aromatic carbocycles. The van der Waals surface area contributed by atoms with Crippen LogP contribution >= 0.6 is 0 Å². The number of rotatable bonds is 5. The van der Waals surface area contributed by atoms with Gasteiger partial charge in [0.25, 0.3) is 0 Å². The highest BCUT2D eigenvalue weighted by atomic mass is 16.7. The Morgan fingerprint density at radius 2 is 1.78 bits per heavy atom. The predicted octanol–water partition coefficient (Wildman–Crippen LogP) is 3.02. The highest BCUT2D eigenvalue weighted by molar-refractivity contribution is 5.26. The molecule has 4 heteroatoms. The largest absolute Gasteiger partial charge is 0.508 e. The molecule has 1 saturated heterocycles. The van der Waals surface area contributed by atoms with Crippen molar-refractivity contribution < 1.29 is 19.7 Å². The van der Waals surface area contributed by atoms with Gasteiger partial charge in [-0.25, -0.2) is 0 Å². The monoisotopic (exact) mass is 314 g/mol. The van der Waals surface area contributed by atoms with Crippen molar-refractivity contribution >= 4 is 0 Å². The van der Waals surface area contributed by atoms with Crippen LogP contribution in [0.4, 0.5) is 0 Å². The number of phenols is 1. The van der Waals surface area contributed by atoms with Crippen LogP contribution in [-0.4, -0.2) is 28.7 Å². The molecular weight excluding hydrogens is 292 g/mol. The molecule has 23 heavy (non-hydrogen) atoms. The molecule has 0 saturated carbocycles. The minimum atomic E-state index is -0.462. The van der Waals surface area contributed by atoms with Gasteiger partial charge < -0.3 is 19.7 Å². The van der Waals surface area contributed by atoms with E-state index in [-0.39, 0.29) is 18.1 Å². The van der Waals surface area contributed by atoms with Gasteiger partial charge in [-0.2, -0.15) is 0 Å². The summed E-state index contributed by atoms with van der Waals surface area (Å²) in [6, 6.07) is 17.0. The molecule has 0 bridgehead atoms. The van der Waals surface area contributed by atoms with Gasteiger partial charge in [0.2, 0.25) is 0 Å². The molecule has 1 fully saturated rings. The highest BCUT2D eigenvalue weighted by Crippen LogP contribution is 2.24. The van der Waals surface area contributed by atoms with E-state index in [9.17, 15) is 10.2 Å². The van der Waals surface area contributed by atoms with E-state index in [0.29, 0.717) is 25.9 Å². The van der Waals surface area contributed by atoms with E-state index in [1.54, 1.807) is 18.2 Å². The summed E-state index contributed by atoms with van der Waals surface area (Å²) in [5.74, 6) is 0.230. The number of hydrogen-bond acceptors (Lipinski definition) is 4. The van der Waals surface area contributed by atoms with Crippen LogP contribution in [0.5, 0.6) is 5.75 Å². The van der Waals surface area contributed by atoms with Gasteiger partial charge in [-0.15, -0.1) is 0 Å². The van der Waals surface area contributed by atoms with Gasteiger partial charge in [0.1, 0.15) is 5.75 Å². The molecule has 0 radical (unpaired) electrons. The standard InChI is InChI=1S/C19H22O4/c20-16-8-4-7-15(11-16)13-22-19-10-9-17(21)18(23-19)12-14-5-2-1-3-6-14/h1-8,11,17-21H,9-10,12-13H2/t17-,18?,19?/m1/s1. The van der Waals surface area contributed by atoms with E-state index in [0.717, 1.165) is 11.1 Å². The quantitative estimate of drug-likeness (QED) is 0.890. The highest BCUT2D eigenvalue weighted by Gasteiger charge is 2.30. The van der Waals surface area contributed by atoms with Crippen molar-refractivity contribution in [3.63, 3.8) is 0 Å². The molecule has 0 aliphatic carbocycles. The van der Waals surface area contributed by atoms with Gasteiger partial charge in [0.05, 0.1) is 18.8 Å². The van der Waals surface area contributed by atoms with Crippen molar-refractivity contribution in [2.75, 3.05) is 0 Å². The van der Waals surface area contributed by atoms with Gasteiger partial charge in [-0.1, -0.05) is 42.5 Å². The number of ether oxygens (including phenoxy) is 2. The summed E-state index contributed by atoms with van der Waals surface area (Å²) in [5.41, 5.74) is 2.05. The second kappa shape index (κ2) is 7.59. The topological polar surface area (TPSA) is 58.9 Å². The number of hydrogen-bond donors (Lipinski definition) is 2. The van der Waals surface area contributed by atoms with Gasteiger partial charge >= 0.3 is 0 Å². The molecule has 0 aromatic heterocycles. The normalized spacial score (nSPS) is 24.5. The molecule has 1 heterocycles. The van der Waals surface area contributed by atoms with Crippen LogP contribution in [0.15, 0.2) is 54.6 Å². The summed E-state index contributed by atoms with van der Waals surface area (Å²) >= 11 is 0. The summed E-state index contributed by atoms with van der Waals surface area (Å²) in [7, 11) is 0. The molecule has 1 aliphatic heterocycles. The fourth-order valence-electron chi connectivity index (χ4n) is 2.84. The molecule has 0 amide bonds. The molecule has 4 nitrogen and oxygen atoms in total. The van der Waals surface area contributed by atoms with Crippen molar-refractivity contribution in [3.05, 3.63) is 65.7 Å². The fourth-order valence-corrected chi connectivity index (χ4v) is 2.84. The van der Waals surface area contributed by atoms with Crippen molar-refractivity contribution in [1.82, 2.24) is 0 Å². The second-order valence-corrected chi connectivity index (χ2v) is 5.92. The van der Waals surface area contributed by atoms with E-state index in [1.807, 2.05) is 36.4 Å². The summed E-state index contributed by atoms with van der Waals surface area (Å²) < 4.78 is 11.7. The summed E-state index contributed by atoms with van der Waals surface area (Å²) in [6.45, 7) is 0.382. The smallest absolute Gasteiger partial charge is 0.158 e. The van der Waals surface area contributed by atoms with Gasteiger partial charge in [-0.3, -0.25) is 0 Å². The molecule has 3 rings (SSSR count). The minimum absolute atomic E-state index is 0.230. The summed E-state index contributed by atoms with van der Waals surface area (Å²) in [6.07, 6.45) is 0.979. The zero-order valence-electron chi connectivity index (χ0n) is 13.0. The lowest BCUT2D eigenvalue weighted by Crippen LogP contribution is -2.41. The summed E-state index contributed by atoms with van der Waals surface area (Å²) in [5, 5.41) is 19.6. The van der Waals surface area contributed by atoms with Crippen LogP contribution in [0.25, 0.3) is 0 Å². The zero-order chi connectivity index (χ0) is 16.1. The van der Waals surface area contributed by atoms with Crippen LogP contribution < -0.4 is 0 Å². The maximum absolute atomic E-state index is 10.2. The number of phenolic OH excluding ortho intramolecular Hbond substituents is 1. The van der Waals surface area contributed by atoms with Crippen LogP contribution in [0, 0.1) is 0 Å². The number of aliphatic hydroxyl groups is 1. The van der Waals surface area contributed by atoms with Crippen molar-refractivity contribution in [1.29, 1.82) is 0 Å². The SMILES string of the molecule is Oc1cccc(COC2CC[C@@H](O)C(Cc3ccccc3)O2)c1. The first-order valence-electron chi connectivity index (χ1n) is 7.97. The Hall–Kier alpha value is -1.88. The molecule has 0 spiro atoms. The van der Waals surface area contributed by atoms with Crippen molar-refractivity contribution in [2.45, 2.75) is 44.4 Å². The third-order valence-corrected chi connectivity index (χ3v) is 4.08. The first kappa shape index (κ1) is 16.0. The maximum Gasteiger partial charge on any atom is 0.158 e. The Labute approximate surface area is 136 Å². The van der Waals surface area contributed by atoms with Crippen LogP contribution in [0.1, 0.15) is 24.0 Å². The number of aromatic hydroxyl groups is 1. The summed E-state index contributed by atoms with van der Waals surface area (Å²) in [4.78, 5) is 0. The Kier molecular flexibility index (Phi) is 5.28. The van der Waals surface area contributed by atoms with Gasteiger partial charge in [0.15, 0.2) is 6.29 Å². The molecule has 3 atom stereocenters. The van der Waals surface area contributed by atoms with Crippen LogP contribution in [0.2, 0.25) is 0 Å². The lowest BCUT2D eigenvalue weighted by molar-refractivity contribution is -0.226. The Morgan fingerprint density at radius 3 is 2.57 bits per heavy atom. The first-order valence-corrected chi connectivity index (χ1v) is 7.97. The third-order valence-electron chi connectivity index (χ3n) is 4.08. The molecule has 2 aromatic rings. The molecule has 2 unspecified atom stereocenters. The molecule has 122 valence electrons. The lowest BCUT2D eigenvalue weighted by Gasteiger charge is -2.34. The van der Waals surface area contributed by atoms with Crippen molar-refractivity contribution in [2.24, 2.45) is 0 Å². The maximum atomic E-state index is 10.2.